The lowest BCUT2D eigenvalue weighted by molar-refractivity contribution is 1.31. The van der Waals surface area contributed by atoms with Gasteiger partial charge in [0.15, 0.2) is 0 Å². The second-order valence-corrected chi connectivity index (χ2v) is 7.75. The van der Waals surface area contributed by atoms with Crippen LogP contribution in [0.2, 0.25) is 0 Å². The third-order valence-electron chi connectivity index (χ3n) is 3.75. The summed E-state index contributed by atoms with van der Waals surface area (Å²) < 4.78 is 0. The van der Waals surface area contributed by atoms with Gasteiger partial charge in [-0.25, -0.2) is 0 Å². The molecule has 0 radical (unpaired) electrons. The van der Waals surface area contributed by atoms with Crippen LogP contribution in [0.1, 0.15) is 22.3 Å². The minimum absolute atomic E-state index is 1.08. The molecule has 2 heteroatoms. The van der Waals surface area contributed by atoms with Crippen LogP contribution < -0.4 is 0 Å². The number of hydrogen-bond donors (Lipinski definition) is 0. The van der Waals surface area contributed by atoms with Crippen molar-refractivity contribution in [2.24, 2.45) is 0 Å². The third-order valence-corrected chi connectivity index (χ3v) is 5.90. The molecule has 0 nitrogen and oxygen atoms in total. The first kappa shape index (κ1) is 17.2. The van der Waals surface area contributed by atoms with E-state index in [1.54, 1.807) is 0 Å². The van der Waals surface area contributed by atoms with Crippen LogP contribution in [0.5, 0.6) is 0 Å². The molecule has 0 atom stereocenters. The van der Waals surface area contributed by atoms with Gasteiger partial charge in [0.05, 0.1) is 0 Å². The molecule has 3 aromatic carbocycles. The van der Waals surface area contributed by atoms with Crippen LogP contribution in [0.15, 0.2) is 84.9 Å². The highest BCUT2D eigenvalue weighted by molar-refractivity contribution is 7.98. The summed E-state index contributed by atoms with van der Waals surface area (Å²) in [4.78, 5) is 0. The molecule has 0 amide bonds. The van der Waals surface area contributed by atoms with Crippen LogP contribution in [0.3, 0.4) is 0 Å². The predicted octanol–water partition coefficient (Wildman–Crippen LogP) is 6.55. The fraction of sp³-hybridized carbons (Fsp3) is 0.182. The summed E-state index contributed by atoms with van der Waals surface area (Å²) in [5, 5.41) is 0. The topological polar surface area (TPSA) is 0 Å². The molecule has 0 unspecified atom stereocenters. The van der Waals surface area contributed by atoms with Gasteiger partial charge < -0.3 is 0 Å². The van der Waals surface area contributed by atoms with E-state index in [0.29, 0.717) is 0 Å². The fourth-order valence-corrected chi connectivity index (χ4v) is 4.42. The maximum absolute atomic E-state index is 2.36. The van der Waals surface area contributed by atoms with Crippen molar-refractivity contribution < 1.29 is 0 Å². The maximum atomic E-state index is 2.36. The molecule has 3 aromatic rings. The smallest absolute Gasteiger partial charge is 0.0188 e. The zero-order chi connectivity index (χ0) is 16.5. The van der Waals surface area contributed by atoms with Gasteiger partial charge in [0.1, 0.15) is 0 Å². The fourth-order valence-electron chi connectivity index (χ4n) is 2.53. The standard InChI is InChI=1S/C22H22S2/c1-3-8-19(9-4-1)15-23-17-21-12-7-13-22(14-21)18-24-16-20-10-5-2-6-11-20/h1-14H,15-18H2. The summed E-state index contributed by atoms with van der Waals surface area (Å²) in [6.45, 7) is 0. The zero-order valence-electron chi connectivity index (χ0n) is 13.7. The van der Waals surface area contributed by atoms with Crippen LogP contribution in [0.25, 0.3) is 0 Å². The second-order valence-electron chi connectivity index (χ2n) is 5.78. The molecule has 0 bridgehead atoms. The first-order valence-corrected chi connectivity index (χ1v) is 10.5. The van der Waals surface area contributed by atoms with E-state index in [9.17, 15) is 0 Å². The van der Waals surface area contributed by atoms with Crippen molar-refractivity contribution in [2.45, 2.75) is 23.0 Å². The third kappa shape index (κ3) is 5.77. The summed E-state index contributed by atoms with van der Waals surface area (Å²) in [7, 11) is 0. The largest absolute Gasteiger partial charge is 0.152 e. The number of hydrogen-bond acceptors (Lipinski definition) is 2. The summed E-state index contributed by atoms with van der Waals surface area (Å²) in [5.74, 6) is 4.31. The van der Waals surface area contributed by atoms with Crippen molar-refractivity contribution >= 4 is 23.5 Å². The van der Waals surface area contributed by atoms with E-state index >= 15 is 0 Å². The van der Waals surface area contributed by atoms with Crippen molar-refractivity contribution in [2.75, 3.05) is 0 Å². The number of thioether (sulfide) groups is 2. The van der Waals surface area contributed by atoms with Crippen LogP contribution >= 0.6 is 23.5 Å². The normalized spacial score (nSPS) is 10.7. The highest BCUT2D eigenvalue weighted by Gasteiger charge is 1.99. The Labute approximate surface area is 153 Å². The SMILES string of the molecule is c1ccc(CSCc2cccc(CSCc3ccccc3)c2)cc1. The quantitative estimate of drug-likeness (QED) is 0.451. The Kier molecular flexibility index (Phi) is 6.88. The van der Waals surface area contributed by atoms with Gasteiger partial charge >= 0.3 is 0 Å². The Morgan fingerprint density at radius 2 is 0.792 bits per heavy atom. The minimum Gasteiger partial charge on any atom is -0.152 e. The predicted molar refractivity (Wildman–Crippen MR) is 109 cm³/mol. The van der Waals surface area contributed by atoms with Gasteiger partial charge in [0, 0.05) is 23.0 Å². The lowest BCUT2D eigenvalue weighted by atomic mass is 10.2. The molecule has 122 valence electrons. The molecule has 0 aliphatic heterocycles. The summed E-state index contributed by atoms with van der Waals surface area (Å²) in [5.41, 5.74) is 5.65. The molecule has 0 heterocycles. The molecule has 0 aliphatic rings. The Balaban J connectivity index is 1.45. The van der Waals surface area contributed by atoms with Gasteiger partial charge in [0.25, 0.3) is 0 Å². The lowest BCUT2D eigenvalue weighted by Crippen LogP contribution is -1.87. The number of rotatable bonds is 8. The van der Waals surface area contributed by atoms with E-state index in [2.05, 4.69) is 84.9 Å². The molecular formula is C22H22S2. The van der Waals surface area contributed by atoms with Crippen molar-refractivity contribution in [1.29, 1.82) is 0 Å². The van der Waals surface area contributed by atoms with Crippen molar-refractivity contribution in [3.8, 4) is 0 Å². The first-order valence-electron chi connectivity index (χ1n) is 8.21. The lowest BCUT2D eigenvalue weighted by Gasteiger charge is -2.06. The minimum atomic E-state index is 1.08. The van der Waals surface area contributed by atoms with E-state index in [1.165, 1.54) is 22.3 Å². The Morgan fingerprint density at radius 1 is 0.417 bits per heavy atom. The Hall–Kier alpha value is -1.64. The molecule has 0 N–H and O–H groups in total. The van der Waals surface area contributed by atoms with Crippen LogP contribution in [-0.4, -0.2) is 0 Å². The van der Waals surface area contributed by atoms with Crippen LogP contribution in [0, 0.1) is 0 Å². The highest BCUT2D eigenvalue weighted by Crippen LogP contribution is 2.22. The highest BCUT2D eigenvalue weighted by atomic mass is 32.2. The summed E-state index contributed by atoms with van der Waals surface area (Å²) in [6, 6.07) is 30.4. The molecule has 0 saturated heterocycles. The van der Waals surface area contributed by atoms with Gasteiger partial charge in [-0.05, 0) is 22.3 Å². The van der Waals surface area contributed by atoms with Gasteiger partial charge in [-0.1, -0.05) is 84.9 Å². The van der Waals surface area contributed by atoms with Crippen molar-refractivity contribution in [3.63, 3.8) is 0 Å². The van der Waals surface area contributed by atoms with Crippen LogP contribution in [-0.2, 0) is 23.0 Å². The summed E-state index contributed by atoms with van der Waals surface area (Å²) >= 11 is 3.96. The molecule has 3 rings (SSSR count). The number of benzene rings is 3. The molecule has 0 aromatic heterocycles. The monoisotopic (exact) mass is 350 g/mol. The average Bonchev–Trinajstić information content (AvgIpc) is 2.64. The van der Waals surface area contributed by atoms with Crippen molar-refractivity contribution in [1.82, 2.24) is 0 Å². The Bertz CT molecular complexity index is 662. The molecule has 0 fully saturated rings. The molecule has 24 heavy (non-hydrogen) atoms. The van der Waals surface area contributed by atoms with Crippen molar-refractivity contribution in [3.05, 3.63) is 107 Å². The van der Waals surface area contributed by atoms with Gasteiger partial charge in [-0.3, -0.25) is 0 Å². The summed E-state index contributed by atoms with van der Waals surface area (Å²) in [6.07, 6.45) is 0. The van der Waals surface area contributed by atoms with E-state index < -0.39 is 0 Å². The van der Waals surface area contributed by atoms with E-state index in [4.69, 9.17) is 0 Å². The zero-order valence-corrected chi connectivity index (χ0v) is 15.4. The Morgan fingerprint density at radius 3 is 1.25 bits per heavy atom. The molecule has 0 saturated carbocycles. The maximum Gasteiger partial charge on any atom is 0.0188 e. The van der Waals surface area contributed by atoms with E-state index in [0.717, 1.165) is 23.0 Å². The van der Waals surface area contributed by atoms with Gasteiger partial charge in [-0.2, -0.15) is 23.5 Å². The van der Waals surface area contributed by atoms with Gasteiger partial charge in [0.2, 0.25) is 0 Å². The van der Waals surface area contributed by atoms with Gasteiger partial charge in [-0.15, -0.1) is 0 Å². The molecular weight excluding hydrogens is 328 g/mol. The van der Waals surface area contributed by atoms with E-state index in [1.807, 2.05) is 23.5 Å². The second kappa shape index (κ2) is 9.61. The molecule has 0 aliphatic carbocycles. The average molecular weight is 351 g/mol. The van der Waals surface area contributed by atoms with Crippen LogP contribution in [0.4, 0.5) is 0 Å². The molecule has 0 spiro atoms. The first-order chi connectivity index (χ1) is 11.9. The van der Waals surface area contributed by atoms with E-state index in [-0.39, 0.29) is 0 Å².